The van der Waals surface area contributed by atoms with Crippen molar-refractivity contribution in [3.63, 3.8) is 0 Å². The summed E-state index contributed by atoms with van der Waals surface area (Å²) in [5.41, 5.74) is 4.06. The Hall–Kier alpha value is -1.66. The van der Waals surface area contributed by atoms with E-state index in [9.17, 15) is 0 Å². The van der Waals surface area contributed by atoms with E-state index in [-0.39, 0.29) is 0 Å². The first kappa shape index (κ1) is 23.0. The second kappa shape index (κ2) is 12.3. The van der Waals surface area contributed by atoms with Crippen LogP contribution < -0.4 is 4.74 Å². The van der Waals surface area contributed by atoms with Crippen LogP contribution in [0.3, 0.4) is 0 Å². The summed E-state index contributed by atoms with van der Waals surface area (Å²) < 4.78 is 12.1. The van der Waals surface area contributed by atoms with Gasteiger partial charge in [-0.3, -0.25) is 0 Å². The average Bonchev–Trinajstić information content (AvgIpc) is 3.28. The normalized spacial score (nSPS) is 11.0. The standard InChI is InChI=1S/C24H28Br2N2O2/c1-2-3-4-5-6-9-14-29-22-11-8-7-10-20(22)23-27-28-24(30-23)21-15-18(16-25)12-13-19(21)17-26/h7-8,10-13,15H,2-6,9,14,16-17H2,1H3. The van der Waals surface area contributed by atoms with Gasteiger partial charge in [-0.25, -0.2) is 0 Å². The molecule has 30 heavy (non-hydrogen) atoms. The molecule has 1 aromatic heterocycles. The molecule has 0 atom stereocenters. The van der Waals surface area contributed by atoms with Crippen LogP contribution in [-0.2, 0) is 10.7 Å². The zero-order chi connectivity index (χ0) is 21.2. The summed E-state index contributed by atoms with van der Waals surface area (Å²) in [4.78, 5) is 0. The van der Waals surface area contributed by atoms with Crippen molar-refractivity contribution >= 4 is 31.9 Å². The molecule has 0 fully saturated rings. The highest BCUT2D eigenvalue weighted by Gasteiger charge is 2.17. The van der Waals surface area contributed by atoms with Crippen molar-refractivity contribution in [2.75, 3.05) is 6.61 Å². The van der Waals surface area contributed by atoms with Gasteiger partial charge in [0.15, 0.2) is 0 Å². The Kier molecular flexibility index (Phi) is 9.40. The van der Waals surface area contributed by atoms with Crippen LogP contribution in [-0.4, -0.2) is 16.8 Å². The van der Waals surface area contributed by atoms with Crippen molar-refractivity contribution in [2.45, 2.75) is 56.1 Å². The average molecular weight is 536 g/mol. The molecule has 0 N–H and O–H groups in total. The van der Waals surface area contributed by atoms with E-state index in [0.717, 1.165) is 45.1 Å². The summed E-state index contributed by atoms with van der Waals surface area (Å²) in [5.74, 6) is 1.79. The van der Waals surface area contributed by atoms with E-state index in [2.05, 4.69) is 67.2 Å². The Labute approximate surface area is 195 Å². The summed E-state index contributed by atoms with van der Waals surface area (Å²) in [6.45, 7) is 2.94. The first-order valence-electron chi connectivity index (χ1n) is 10.6. The number of alkyl halides is 2. The highest BCUT2D eigenvalue weighted by Crippen LogP contribution is 2.33. The summed E-state index contributed by atoms with van der Waals surface area (Å²) in [6.07, 6.45) is 7.43. The number of hydrogen-bond donors (Lipinski definition) is 0. The van der Waals surface area contributed by atoms with Crippen molar-refractivity contribution in [2.24, 2.45) is 0 Å². The topological polar surface area (TPSA) is 48.2 Å². The van der Waals surface area contributed by atoms with E-state index >= 15 is 0 Å². The van der Waals surface area contributed by atoms with Crippen molar-refractivity contribution in [3.8, 4) is 28.7 Å². The predicted octanol–water partition coefficient (Wildman–Crippen LogP) is 7.93. The minimum Gasteiger partial charge on any atom is -0.493 e. The lowest BCUT2D eigenvalue weighted by molar-refractivity contribution is 0.305. The molecule has 0 saturated heterocycles. The van der Waals surface area contributed by atoms with Gasteiger partial charge >= 0.3 is 0 Å². The quantitative estimate of drug-likeness (QED) is 0.174. The molecule has 4 nitrogen and oxygen atoms in total. The van der Waals surface area contributed by atoms with Crippen LogP contribution >= 0.6 is 31.9 Å². The van der Waals surface area contributed by atoms with Crippen LogP contribution in [0.25, 0.3) is 22.9 Å². The summed E-state index contributed by atoms with van der Waals surface area (Å²) in [5, 5.41) is 10.1. The molecular formula is C24H28Br2N2O2. The SMILES string of the molecule is CCCCCCCCOc1ccccc1-c1nnc(-c2cc(CBr)ccc2CBr)o1. The van der Waals surface area contributed by atoms with Crippen LogP contribution in [0.4, 0.5) is 0 Å². The van der Waals surface area contributed by atoms with Gasteiger partial charge in [-0.2, -0.15) is 0 Å². The number of ether oxygens (including phenoxy) is 1. The minimum absolute atomic E-state index is 0.480. The maximum atomic E-state index is 6.07. The molecule has 6 heteroatoms. The highest BCUT2D eigenvalue weighted by atomic mass is 79.9. The molecule has 2 aromatic carbocycles. The zero-order valence-electron chi connectivity index (χ0n) is 17.4. The lowest BCUT2D eigenvalue weighted by atomic mass is 10.1. The molecule has 0 unspecified atom stereocenters. The predicted molar refractivity (Wildman–Crippen MR) is 129 cm³/mol. The van der Waals surface area contributed by atoms with Crippen molar-refractivity contribution < 1.29 is 9.15 Å². The van der Waals surface area contributed by atoms with Gasteiger partial charge in [0.25, 0.3) is 5.89 Å². The zero-order valence-corrected chi connectivity index (χ0v) is 20.5. The fourth-order valence-corrected chi connectivity index (χ4v) is 4.13. The number of rotatable bonds is 12. The molecular weight excluding hydrogens is 508 g/mol. The Morgan fingerprint density at radius 2 is 1.57 bits per heavy atom. The van der Waals surface area contributed by atoms with Crippen LogP contribution in [0.5, 0.6) is 5.75 Å². The molecule has 0 aliphatic carbocycles. The highest BCUT2D eigenvalue weighted by molar-refractivity contribution is 9.08. The van der Waals surface area contributed by atoms with E-state index in [0.29, 0.717) is 18.4 Å². The van der Waals surface area contributed by atoms with Crippen molar-refractivity contribution in [1.29, 1.82) is 0 Å². The second-order valence-electron chi connectivity index (χ2n) is 7.28. The van der Waals surface area contributed by atoms with Gasteiger partial charge in [-0.1, -0.05) is 95.2 Å². The molecule has 0 amide bonds. The van der Waals surface area contributed by atoms with Crippen LogP contribution in [0.1, 0.15) is 56.6 Å². The molecule has 160 valence electrons. The van der Waals surface area contributed by atoms with Crippen LogP contribution in [0.2, 0.25) is 0 Å². The smallest absolute Gasteiger partial charge is 0.251 e. The van der Waals surface area contributed by atoms with Gasteiger partial charge in [-0.05, 0) is 35.7 Å². The van der Waals surface area contributed by atoms with Gasteiger partial charge in [0.05, 0.1) is 12.2 Å². The van der Waals surface area contributed by atoms with Gasteiger partial charge < -0.3 is 9.15 Å². The van der Waals surface area contributed by atoms with Crippen LogP contribution in [0, 0.1) is 0 Å². The summed E-state index contributed by atoms with van der Waals surface area (Å²) in [7, 11) is 0. The van der Waals surface area contributed by atoms with E-state index in [4.69, 9.17) is 9.15 Å². The number of aromatic nitrogens is 2. The molecule has 0 bridgehead atoms. The largest absolute Gasteiger partial charge is 0.493 e. The minimum atomic E-state index is 0.480. The number of hydrogen-bond acceptors (Lipinski definition) is 4. The third kappa shape index (κ3) is 6.17. The van der Waals surface area contributed by atoms with Gasteiger partial charge in [0.2, 0.25) is 5.89 Å². The Morgan fingerprint density at radius 3 is 2.33 bits per heavy atom. The van der Waals surface area contributed by atoms with E-state index in [1.807, 2.05) is 24.3 Å². The molecule has 0 aliphatic heterocycles. The maximum Gasteiger partial charge on any atom is 0.251 e. The Morgan fingerprint density at radius 1 is 0.833 bits per heavy atom. The third-order valence-corrected chi connectivity index (χ3v) is 6.25. The van der Waals surface area contributed by atoms with Crippen LogP contribution in [0.15, 0.2) is 46.9 Å². The Balaban J connectivity index is 1.72. The fraction of sp³-hybridized carbons (Fsp3) is 0.417. The first-order chi connectivity index (χ1) is 14.8. The van der Waals surface area contributed by atoms with Gasteiger partial charge in [0.1, 0.15) is 5.75 Å². The summed E-state index contributed by atoms with van der Waals surface area (Å²) in [6, 6.07) is 14.1. The van der Waals surface area contributed by atoms with E-state index in [1.165, 1.54) is 32.1 Å². The van der Waals surface area contributed by atoms with Crippen molar-refractivity contribution in [3.05, 3.63) is 53.6 Å². The number of benzene rings is 2. The number of para-hydroxylation sites is 1. The number of halogens is 2. The maximum absolute atomic E-state index is 6.07. The third-order valence-electron chi connectivity index (χ3n) is 5.00. The first-order valence-corrected chi connectivity index (χ1v) is 12.8. The van der Waals surface area contributed by atoms with E-state index < -0.39 is 0 Å². The molecule has 0 aliphatic rings. The van der Waals surface area contributed by atoms with Gasteiger partial charge in [-0.15, -0.1) is 10.2 Å². The van der Waals surface area contributed by atoms with Crippen molar-refractivity contribution in [1.82, 2.24) is 10.2 Å². The monoisotopic (exact) mass is 534 g/mol. The number of nitrogens with zero attached hydrogens (tertiary/aromatic N) is 2. The molecule has 0 radical (unpaired) electrons. The molecule has 3 aromatic rings. The molecule has 0 saturated carbocycles. The summed E-state index contributed by atoms with van der Waals surface area (Å²) >= 11 is 7.06. The molecule has 3 rings (SSSR count). The second-order valence-corrected chi connectivity index (χ2v) is 8.40. The lowest BCUT2D eigenvalue weighted by Crippen LogP contribution is -1.99. The fourth-order valence-electron chi connectivity index (χ4n) is 3.30. The number of unbranched alkanes of at least 4 members (excludes halogenated alkanes) is 5. The van der Waals surface area contributed by atoms with Gasteiger partial charge in [0, 0.05) is 16.2 Å². The molecule has 1 heterocycles. The van der Waals surface area contributed by atoms with E-state index in [1.54, 1.807) is 0 Å². The Bertz CT molecular complexity index is 927. The lowest BCUT2D eigenvalue weighted by Gasteiger charge is -2.09. The molecule has 0 spiro atoms.